The molecule has 0 fully saturated rings. The van der Waals surface area contributed by atoms with Crippen LogP contribution in [0.1, 0.15) is 22.3 Å². The second-order valence-corrected chi connectivity index (χ2v) is 15.0. The standard InChI is InChI=1S/C54H28N6O2/c55-29-33-1-11-39(12-2-33)59(40-13-3-34(30-56)4-14-40)43-19-23-45-37(25-43)9-21-47-49-27-52-50(28-51(49)61-53(45)47)48-22-10-38-26-44(20-24-46(38)54(48)62-52)60(41-15-5-35(31-57)6-16-41)42-17-7-36(32-58)8-18-42/h1-28H. The summed E-state index contributed by atoms with van der Waals surface area (Å²) in [6, 6.07) is 63.7. The van der Waals surface area contributed by atoms with E-state index in [0.29, 0.717) is 22.3 Å². The second-order valence-electron chi connectivity index (χ2n) is 15.0. The lowest BCUT2D eigenvalue weighted by Crippen LogP contribution is -2.09. The van der Waals surface area contributed by atoms with Gasteiger partial charge in [-0.15, -0.1) is 0 Å². The third-order valence-electron chi connectivity index (χ3n) is 11.5. The first-order valence-electron chi connectivity index (χ1n) is 19.8. The lowest BCUT2D eigenvalue weighted by Gasteiger charge is -2.26. The fourth-order valence-corrected chi connectivity index (χ4v) is 8.50. The van der Waals surface area contributed by atoms with Gasteiger partial charge in [-0.2, -0.15) is 21.0 Å². The van der Waals surface area contributed by atoms with Gasteiger partial charge in [0, 0.05) is 66.4 Å². The number of hydrogen-bond donors (Lipinski definition) is 0. The number of nitriles is 4. The first kappa shape index (κ1) is 35.8. The van der Waals surface area contributed by atoms with E-state index < -0.39 is 0 Å². The van der Waals surface area contributed by atoms with Gasteiger partial charge in [-0.05, 0) is 168 Å². The molecule has 8 nitrogen and oxygen atoms in total. The molecule has 0 bridgehead atoms. The molecule has 286 valence electrons. The molecular formula is C54H28N6O2. The topological polar surface area (TPSA) is 128 Å². The Kier molecular flexibility index (Phi) is 8.19. The predicted octanol–water partition coefficient (Wildman–Crippen LogP) is 14.2. The molecule has 8 heteroatoms. The summed E-state index contributed by atoms with van der Waals surface area (Å²) in [5.41, 5.74) is 10.8. The van der Waals surface area contributed by atoms with E-state index in [9.17, 15) is 21.0 Å². The molecule has 0 aliphatic carbocycles. The molecule has 0 spiro atoms. The van der Waals surface area contributed by atoms with Crippen LogP contribution in [0.5, 0.6) is 0 Å². The van der Waals surface area contributed by atoms with Crippen LogP contribution >= 0.6 is 0 Å². The van der Waals surface area contributed by atoms with Gasteiger partial charge in [0.15, 0.2) is 0 Å². The molecule has 2 heterocycles. The summed E-state index contributed by atoms with van der Waals surface area (Å²) in [7, 11) is 0. The van der Waals surface area contributed by atoms with E-state index in [2.05, 4.69) is 107 Å². The second kappa shape index (κ2) is 14.2. The van der Waals surface area contributed by atoms with Gasteiger partial charge in [0.2, 0.25) is 0 Å². The number of hydrogen-bond acceptors (Lipinski definition) is 8. The smallest absolute Gasteiger partial charge is 0.143 e. The highest BCUT2D eigenvalue weighted by Gasteiger charge is 2.20. The third-order valence-corrected chi connectivity index (χ3v) is 11.5. The first-order chi connectivity index (χ1) is 30.5. The van der Waals surface area contributed by atoms with Gasteiger partial charge in [-0.3, -0.25) is 0 Å². The monoisotopic (exact) mass is 792 g/mol. The fourth-order valence-electron chi connectivity index (χ4n) is 8.50. The molecule has 62 heavy (non-hydrogen) atoms. The lowest BCUT2D eigenvalue weighted by atomic mass is 10.0. The van der Waals surface area contributed by atoms with Crippen LogP contribution in [-0.4, -0.2) is 0 Å². The number of rotatable bonds is 6. The van der Waals surface area contributed by atoms with E-state index in [1.807, 2.05) is 48.5 Å². The Morgan fingerprint density at radius 1 is 0.290 bits per heavy atom. The van der Waals surface area contributed by atoms with Crippen LogP contribution in [0.3, 0.4) is 0 Å². The van der Waals surface area contributed by atoms with E-state index in [0.717, 1.165) is 99.5 Å². The fraction of sp³-hybridized carbons (Fsp3) is 0. The lowest BCUT2D eigenvalue weighted by molar-refractivity contribution is 0.667. The number of anilines is 6. The highest BCUT2D eigenvalue weighted by Crippen LogP contribution is 2.44. The molecular weight excluding hydrogens is 765 g/mol. The normalized spacial score (nSPS) is 11.2. The maximum atomic E-state index is 9.43. The molecule has 9 aromatic carbocycles. The Morgan fingerprint density at radius 3 is 0.887 bits per heavy atom. The van der Waals surface area contributed by atoms with Crippen LogP contribution in [0.15, 0.2) is 179 Å². The summed E-state index contributed by atoms with van der Waals surface area (Å²) in [6.07, 6.45) is 0. The Hall–Kier alpha value is -9.34. The molecule has 0 saturated carbocycles. The van der Waals surface area contributed by atoms with Crippen LogP contribution in [0.4, 0.5) is 34.1 Å². The van der Waals surface area contributed by atoms with Crippen molar-refractivity contribution in [1.29, 1.82) is 21.0 Å². The van der Waals surface area contributed by atoms with Gasteiger partial charge in [0.1, 0.15) is 22.3 Å². The van der Waals surface area contributed by atoms with E-state index in [4.69, 9.17) is 8.83 Å². The van der Waals surface area contributed by atoms with Crippen molar-refractivity contribution in [3.63, 3.8) is 0 Å². The number of fused-ring (bicyclic) bond motifs is 10. The van der Waals surface area contributed by atoms with E-state index in [1.165, 1.54) is 0 Å². The summed E-state index contributed by atoms with van der Waals surface area (Å²) in [5.74, 6) is 0. The molecule has 0 saturated heterocycles. The average Bonchev–Trinajstić information content (AvgIpc) is 3.89. The Labute approximate surface area is 354 Å². The molecule has 0 aliphatic rings. The van der Waals surface area contributed by atoms with E-state index in [1.54, 1.807) is 48.5 Å². The van der Waals surface area contributed by atoms with Crippen molar-refractivity contribution in [2.45, 2.75) is 0 Å². The largest absolute Gasteiger partial charge is 0.455 e. The molecule has 0 radical (unpaired) electrons. The zero-order valence-electron chi connectivity index (χ0n) is 32.7. The molecule has 0 unspecified atom stereocenters. The quantitative estimate of drug-likeness (QED) is 0.163. The Morgan fingerprint density at radius 2 is 0.581 bits per heavy atom. The van der Waals surface area contributed by atoms with Crippen LogP contribution in [0.2, 0.25) is 0 Å². The van der Waals surface area contributed by atoms with Crippen molar-refractivity contribution in [2.75, 3.05) is 9.80 Å². The minimum absolute atomic E-state index is 0.576. The van der Waals surface area contributed by atoms with Gasteiger partial charge in [0.05, 0.1) is 46.5 Å². The number of nitrogens with zero attached hydrogens (tertiary/aromatic N) is 6. The third kappa shape index (κ3) is 5.81. The SMILES string of the molecule is N#Cc1ccc(N(c2ccc(C#N)cc2)c2ccc3c(ccc4c5cc6oc7c8ccc(N(c9ccc(C#N)cc9)c9ccc(C#N)cc9)cc8ccc7c6cc5oc34)c2)cc1. The zero-order chi connectivity index (χ0) is 41.9. The van der Waals surface area contributed by atoms with Crippen molar-refractivity contribution in [1.82, 2.24) is 0 Å². The van der Waals surface area contributed by atoms with Gasteiger partial charge < -0.3 is 18.6 Å². The van der Waals surface area contributed by atoms with Crippen LogP contribution in [0.25, 0.3) is 65.4 Å². The van der Waals surface area contributed by atoms with Crippen molar-refractivity contribution in [3.8, 4) is 24.3 Å². The van der Waals surface area contributed by atoms with Gasteiger partial charge >= 0.3 is 0 Å². The summed E-state index contributed by atoms with van der Waals surface area (Å²) < 4.78 is 13.4. The molecule has 0 N–H and O–H groups in total. The maximum absolute atomic E-state index is 9.43. The average molecular weight is 793 g/mol. The number of furan rings is 2. The summed E-state index contributed by atoms with van der Waals surface area (Å²) in [4.78, 5) is 4.21. The van der Waals surface area contributed by atoms with Crippen LogP contribution in [-0.2, 0) is 0 Å². The minimum atomic E-state index is 0.576. The summed E-state index contributed by atoms with van der Waals surface area (Å²) in [5, 5.41) is 45.5. The Balaban J connectivity index is 0.991. The molecule has 0 aliphatic heterocycles. The van der Waals surface area contributed by atoms with Gasteiger partial charge in [-0.25, -0.2) is 0 Å². The van der Waals surface area contributed by atoms with Gasteiger partial charge in [0.25, 0.3) is 0 Å². The van der Waals surface area contributed by atoms with Crippen molar-refractivity contribution in [2.24, 2.45) is 0 Å². The highest BCUT2D eigenvalue weighted by molar-refractivity contribution is 6.21. The molecule has 11 aromatic rings. The molecule has 0 amide bonds. The Bertz CT molecular complexity index is 3410. The van der Waals surface area contributed by atoms with E-state index in [-0.39, 0.29) is 0 Å². The van der Waals surface area contributed by atoms with Crippen molar-refractivity contribution in [3.05, 3.63) is 192 Å². The van der Waals surface area contributed by atoms with Crippen LogP contribution < -0.4 is 9.80 Å². The van der Waals surface area contributed by atoms with E-state index >= 15 is 0 Å². The molecule has 0 atom stereocenters. The molecule has 2 aromatic heterocycles. The maximum Gasteiger partial charge on any atom is 0.143 e. The van der Waals surface area contributed by atoms with Gasteiger partial charge in [-0.1, -0.05) is 12.1 Å². The first-order valence-corrected chi connectivity index (χ1v) is 19.8. The summed E-state index contributed by atoms with van der Waals surface area (Å²) in [6.45, 7) is 0. The number of benzene rings is 9. The highest BCUT2D eigenvalue weighted by atomic mass is 16.3. The molecule has 11 rings (SSSR count). The van der Waals surface area contributed by atoms with Crippen LogP contribution in [0, 0.1) is 45.3 Å². The van der Waals surface area contributed by atoms with Crippen molar-refractivity contribution < 1.29 is 8.83 Å². The van der Waals surface area contributed by atoms with Crippen molar-refractivity contribution >= 4 is 99.5 Å². The zero-order valence-corrected chi connectivity index (χ0v) is 32.7. The predicted molar refractivity (Wildman–Crippen MR) is 244 cm³/mol. The minimum Gasteiger partial charge on any atom is -0.455 e. The summed E-state index contributed by atoms with van der Waals surface area (Å²) >= 11 is 0.